The molecular formula is C41H33O2S2+. The van der Waals surface area contributed by atoms with Crippen LogP contribution in [0.3, 0.4) is 0 Å². The molecule has 0 aliphatic rings. The SMILES string of the molecule is C/C=C\c1c(CC)c2cc(C(=O)c3ccc(C)cc3)ccc2[s+]1-c1ccc2sc3ccc(C(=O)c4ccc(C)cc4)cc3c2c1. The third kappa shape index (κ3) is 5.14. The van der Waals surface area contributed by atoms with E-state index in [0.717, 1.165) is 28.5 Å². The van der Waals surface area contributed by atoms with Crippen LogP contribution >= 0.6 is 21.8 Å². The molecule has 7 rings (SSSR count). The van der Waals surface area contributed by atoms with Gasteiger partial charge in [0, 0.05) is 69.9 Å². The number of thiophene rings is 2. The molecule has 0 saturated heterocycles. The van der Waals surface area contributed by atoms with Crippen molar-refractivity contribution in [3.63, 3.8) is 0 Å². The molecule has 0 bridgehead atoms. The Morgan fingerprint density at radius 3 is 1.73 bits per heavy atom. The third-order valence-electron chi connectivity index (χ3n) is 8.54. The van der Waals surface area contributed by atoms with E-state index in [1.165, 1.54) is 40.2 Å². The highest BCUT2D eigenvalue weighted by Gasteiger charge is 2.28. The van der Waals surface area contributed by atoms with Gasteiger partial charge in [-0.25, -0.2) is 0 Å². The molecule has 0 radical (unpaired) electrons. The monoisotopic (exact) mass is 621 g/mol. The Balaban J connectivity index is 1.38. The molecular weight excluding hydrogens is 589 g/mol. The summed E-state index contributed by atoms with van der Waals surface area (Å²) in [4.78, 5) is 29.4. The Bertz CT molecular complexity index is 2300. The summed E-state index contributed by atoms with van der Waals surface area (Å²) in [6, 6.07) is 34.8. The molecule has 0 spiro atoms. The van der Waals surface area contributed by atoms with Gasteiger partial charge in [0.05, 0.1) is 0 Å². The van der Waals surface area contributed by atoms with E-state index in [2.05, 4.69) is 68.5 Å². The van der Waals surface area contributed by atoms with E-state index in [0.29, 0.717) is 16.7 Å². The lowest BCUT2D eigenvalue weighted by Crippen LogP contribution is -2.01. The van der Waals surface area contributed by atoms with Crippen LogP contribution in [0.15, 0.2) is 109 Å². The maximum absolute atomic E-state index is 13.5. The number of ketones is 2. The van der Waals surface area contributed by atoms with Crippen molar-refractivity contribution in [2.45, 2.75) is 34.1 Å². The minimum absolute atomic E-state index is 0.0425. The first-order valence-electron chi connectivity index (χ1n) is 15.3. The standard InChI is InChI=1S/C41H33O2S2/c1-5-7-38-32(6-2)35-23-30(41(43)28-14-10-26(4)11-15-28)17-21-39(35)45(38)31-18-20-37-34(24-31)33-22-29(16-19-36(33)44-37)40(42)27-12-8-25(3)9-13-27/h5,7-24H,6H2,1-4H3/q+1/b7-5-. The van der Waals surface area contributed by atoms with Gasteiger partial charge in [-0.3, -0.25) is 9.59 Å². The largest absolute Gasteiger partial charge is 0.289 e. The summed E-state index contributed by atoms with van der Waals surface area (Å²) in [6.45, 7) is 8.33. The van der Waals surface area contributed by atoms with Crippen molar-refractivity contribution in [2.24, 2.45) is 0 Å². The lowest BCUT2D eigenvalue weighted by Gasteiger charge is -2.03. The molecule has 2 nitrogen and oxygen atoms in total. The Morgan fingerprint density at radius 2 is 1.16 bits per heavy atom. The van der Waals surface area contributed by atoms with Crippen LogP contribution in [0.25, 0.3) is 41.2 Å². The summed E-state index contributed by atoms with van der Waals surface area (Å²) < 4.78 is 3.65. The quantitative estimate of drug-likeness (QED) is 0.131. The minimum Gasteiger partial charge on any atom is -0.289 e. The highest BCUT2D eigenvalue weighted by molar-refractivity contribution is 7.46. The van der Waals surface area contributed by atoms with Crippen molar-refractivity contribution >= 4 is 69.7 Å². The molecule has 7 aromatic rings. The molecule has 4 heteroatoms. The number of allylic oxidation sites excluding steroid dienone is 1. The van der Waals surface area contributed by atoms with Crippen LogP contribution in [0.4, 0.5) is 0 Å². The van der Waals surface area contributed by atoms with Crippen LogP contribution in [0.5, 0.6) is 0 Å². The fourth-order valence-electron chi connectivity index (χ4n) is 6.17. The summed E-state index contributed by atoms with van der Waals surface area (Å²) >= 11 is 1.77. The lowest BCUT2D eigenvalue weighted by atomic mass is 9.99. The van der Waals surface area contributed by atoms with Crippen LogP contribution in [0.2, 0.25) is 0 Å². The zero-order chi connectivity index (χ0) is 31.2. The van der Waals surface area contributed by atoms with Crippen LogP contribution < -0.4 is 0 Å². The van der Waals surface area contributed by atoms with E-state index in [9.17, 15) is 9.59 Å². The van der Waals surface area contributed by atoms with Crippen molar-refractivity contribution < 1.29 is 9.59 Å². The summed E-state index contributed by atoms with van der Waals surface area (Å²) in [7, 11) is -0.312. The smallest absolute Gasteiger partial charge is 0.193 e. The molecule has 1 unspecified atom stereocenters. The molecule has 0 N–H and O–H groups in total. The zero-order valence-electron chi connectivity index (χ0n) is 25.8. The number of hydrogen-bond donors (Lipinski definition) is 0. The second kappa shape index (κ2) is 11.7. The van der Waals surface area contributed by atoms with E-state index in [-0.39, 0.29) is 22.0 Å². The number of carbonyl (C=O) groups excluding carboxylic acids is 2. The number of aryl methyl sites for hydroxylation is 3. The second-order valence-corrected chi connectivity index (χ2v) is 14.6. The fourth-order valence-corrected chi connectivity index (χ4v) is 9.80. The van der Waals surface area contributed by atoms with E-state index in [1.807, 2.05) is 74.5 Å². The van der Waals surface area contributed by atoms with Crippen molar-refractivity contribution in [1.29, 1.82) is 0 Å². The molecule has 0 aliphatic carbocycles. The number of carbonyl (C=O) groups is 2. The molecule has 0 amide bonds. The average Bonchev–Trinajstić information content (AvgIpc) is 3.58. The number of fused-ring (bicyclic) bond motifs is 4. The molecule has 0 aliphatic heterocycles. The highest BCUT2D eigenvalue weighted by Crippen LogP contribution is 2.50. The van der Waals surface area contributed by atoms with Crippen molar-refractivity contribution in [3.8, 4) is 4.90 Å². The third-order valence-corrected chi connectivity index (χ3v) is 12.0. The predicted octanol–water partition coefficient (Wildman–Crippen LogP) is 11.6. The van der Waals surface area contributed by atoms with E-state index < -0.39 is 0 Å². The molecule has 2 heterocycles. The Hall–Kier alpha value is -4.64. The number of rotatable bonds is 7. The number of benzene rings is 5. The molecule has 0 fully saturated rings. The summed E-state index contributed by atoms with van der Waals surface area (Å²) in [5.74, 6) is 0.0932. The lowest BCUT2D eigenvalue weighted by molar-refractivity contribution is 0.103. The summed E-state index contributed by atoms with van der Waals surface area (Å²) in [6.07, 6.45) is 5.25. The van der Waals surface area contributed by atoms with Crippen LogP contribution in [-0.4, -0.2) is 11.6 Å². The van der Waals surface area contributed by atoms with Gasteiger partial charge in [-0.15, -0.1) is 11.3 Å². The number of hydrogen-bond acceptors (Lipinski definition) is 3. The van der Waals surface area contributed by atoms with E-state index in [1.54, 1.807) is 11.3 Å². The van der Waals surface area contributed by atoms with Crippen molar-refractivity contribution in [1.82, 2.24) is 0 Å². The maximum Gasteiger partial charge on any atom is 0.193 e. The van der Waals surface area contributed by atoms with Crippen molar-refractivity contribution in [3.05, 3.63) is 153 Å². The van der Waals surface area contributed by atoms with Gasteiger partial charge in [0.1, 0.15) is 0 Å². The Labute approximate surface area is 270 Å². The van der Waals surface area contributed by atoms with Crippen LogP contribution in [0.1, 0.15) is 67.3 Å². The molecule has 45 heavy (non-hydrogen) atoms. The van der Waals surface area contributed by atoms with Gasteiger partial charge in [0.2, 0.25) is 0 Å². The Morgan fingerprint density at radius 1 is 0.644 bits per heavy atom. The predicted molar refractivity (Wildman–Crippen MR) is 194 cm³/mol. The van der Waals surface area contributed by atoms with Gasteiger partial charge < -0.3 is 0 Å². The van der Waals surface area contributed by atoms with Gasteiger partial charge in [0.15, 0.2) is 26.0 Å². The molecule has 220 valence electrons. The first-order valence-corrected chi connectivity index (χ1v) is 17.3. The normalized spacial score (nSPS) is 12.1. The van der Waals surface area contributed by atoms with E-state index >= 15 is 0 Å². The van der Waals surface area contributed by atoms with Crippen LogP contribution in [0, 0.1) is 13.8 Å². The zero-order valence-corrected chi connectivity index (χ0v) is 27.4. The van der Waals surface area contributed by atoms with E-state index in [4.69, 9.17) is 0 Å². The minimum atomic E-state index is -0.312. The van der Waals surface area contributed by atoms with Gasteiger partial charge in [-0.05, 0) is 81.8 Å². The fraction of sp³-hybridized carbons (Fsp3) is 0.122. The highest BCUT2D eigenvalue weighted by atomic mass is 32.2. The maximum atomic E-state index is 13.5. The van der Waals surface area contributed by atoms with Gasteiger partial charge >= 0.3 is 0 Å². The molecule has 1 atom stereocenters. The first kappa shape index (κ1) is 29.1. The topological polar surface area (TPSA) is 34.1 Å². The summed E-state index contributed by atoms with van der Waals surface area (Å²) in [5.41, 5.74) is 6.42. The van der Waals surface area contributed by atoms with Crippen LogP contribution in [-0.2, 0) is 6.42 Å². The molecule has 5 aromatic carbocycles. The average molecular weight is 622 g/mol. The van der Waals surface area contributed by atoms with Gasteiger partial charge in [-0.1, -0.05) is 72.7 Å². The first-order chi connectivity index (χ1) is 21.9. The van der Waals surface area contributed by atoms with Gasteiger partial charge in [-0.2, -0.15) is 0 Å². The Kier molecular flexibility index (Phi) is 7.56. The van der Waals surface area contributed by atoms with Crippen molar-refractivity contribution in [2.75, 3.05) is 0 Å². The molecule has 2 aromatic heterocycles. The molecule has 0 saturated carbocycles. The second-order valence-electron chi connectivity index (χ2n) is 11.6. The van der Waals surface area contributed by atoms with Gasteiger partial charge in [0.25, 0.3) is 0 Å². The summed E-state index contributed by atoms with van der Waals surface area (Å²) in [5, 5.41) is 3.47.